The van der Waals surface area contributed by atoms with Crippen molar-refractivity contribution >= 4 is 28.2 Å². The summed E-state index contributed by atoms with van der Waals surface area (Å²) in [6.07, 6.45) is 2.32. The van der Waals surface area contributed by atoms with Crippen LogP contribution < -0.4 is 4.90 Å². The topological polar surface area (TPSA) is 70.1 Å². The number of nitrogens with zero attached hydrogens (tertiary/aromatic N) is 2. The lowest BCUT2D eigenvalue weighted by molar-refractivity contribution is 0.0917. The molecule has 4 rings (SSSR count). The van der Waals surface area contributed by atoms with Crippen molar-refractivity contribution in [2.75, 3.05) is 44.3 Å². The Kier molecular flexibility index (Phi) is 5.58. The van der Waals surface area contributed by atoms with Gasteiger partial charge < -0.3 is 19.6 Å². The van der Waals surface area contributed by atoms with Crippen molar-refractivity contribution in [3.8, 4) is 11.8 Å². The molecule has 1 amide bonds. The molecule has 29 heavy (non-hydrogen) atoms. The van der Waals surface area contributed by atoms with Crippen molar-refractivity contribution in [1.29, 1.82) is 0 Å². The Balaban J connectivity index is 1.70. The number of carbonyl (C=O) groups excluding carboxylic acids is 1. The number of carboxylic acid groups (broad SMARTS) is 1. The predicted molar refractivity (Wildman–Crippen MR) is 113 cm³/mol. The van der Waals surface area contributed by atoms with Crippen LogP contribution in [-0.2, 0) is 11.2 Å². The zero-order chi connectivity index (χ0) is 20.6. The van der Waals surface area contributed by atoms with E-state index in [1.165, 1.54) is 4.90 Å². The summed E-state index contributed by atoms with van der Waals surface area (Å²) in [5.74, 6) is 7.04. The lowest BCUT2D eigenvalue weighted by Crippen LogP contribution is -2.38. The van der Waals surface area contributed by atoms with Gasteiger partial charge in [0.1, 0.15) is 5.00 Å². The van der Waals surface area contributed by atoms with Gasteiger partial charge in [0, 0.05) is 38.5 Å². The molecular formula is C22H28N2O4S. The number of likely N-dealkylation sites (tertiary alicyclic amines) is 1. The molecule has 2 fully saturated rings. The Bertz CT molecular complexity index is 873. The highest BCUT2D eigenvalue weighted by Crippen LogP contribution is 2.45. The molecule has 6 nitrogen and oxygen atoms in total. The summed E-state index contributed by atoms with van der Waals surface area (Å²) < 4.78 is 5.51. The first-order chi connectivity index (χ1) is 13.8. The Morgan fingerprint density at radius 2 is 2.00 bits per heavy atom. The molecule has 1 aromatic heterocycles. The number of anilines is 1. The maximum absolute atomic E-state index is 12.8. The van der Waals surface area contributed by atoms with E-state index in [2.05, 4.69) is 30.6 Å². The zero-order valence-electron chi connectivity index (χ0n) is 17.1. The van der Waals surface area contributed by atoms with Gasteiger partial charge in [0.05, 0.1) is 23.7 Å². The van der Waals surface area contributed by atoms with Gasteiger partial charge >= 0.3 is 6.09 Å². The van der Waals surface area contributed by atoms with E-state index in [9.17, 15) is 14.7 Å². The maximum atomic E-state index is 12.8. The Morgan fingerprint density at radius 1 is 1.24 bits per heavy atom. The molecule has 1 aromatic rings. The van der Waals surface area contributed by atoms with Gasteiger partial charge in [0.25, 0.3) is 0 Å². The van der Waals surface area contributed by atoms with E-state index in [0.717, 1.165) is 53.4 Å². The quantitative estimate of drug-likeness (QED) is 0.710. The second kappa shape index (κ2) is 8.00. The number of hydrogen-bond acceptors (Lipinski definition) is 5. The molecule has 1 aliphatic carbocycles. The predicted octanol–water partition coefficient (Wildman–Crippen LogP) is 3.48. The number of fused-ring (bicyclic) bond motifs is 1. The summed E-state index contributed by atoms with van der Waals surface area (Å²) in [7, 11) is 0. The normalized spacial score (nSPS) is 23.9. The number of ether oxygens (including phenoxy) is 1. The lowest BCUT2D eigenvalue weighted by Gasteiger charge is -2.29. The molecule has 1 N–H and O–H groups in total. The van der Waals surface area contributed by atoms with Gasteiger partial charge in [-0.2, -0.15) is 0 Å². The third kappa shape index (κ3) is 4.29. The van der Waals surface area contributed by atoms with Crippen LogP contribution in [-0.4, -0.2) is 61.3 Å². The smallest absolute Gasteiger partial charge is 0.407 e. The molecule has 156 valence electrons. The molecule has 0 saturated carbocycles. The molecule has 1 atom stereocenters. The monoisotopic (exact) mass is 416 g/mol. The van der Waals surface area contributed by atoms with E-state index < -0.39 is 6.09 Å². The first kappa shape index (κ1) is 20.2. The molecular weight excluding hydrogens is 388 g/mol. The number of rotatable bonds is 1. The van der Waals surface area contributed by atoms with Crippen LogP contribution in [0.4, 0.5) is 9.80 Å². The number of piperidine rings is 1. The van der Waals surface area contributed by atoms with E-state index in [-0.39, 0.29) is 17.1 Å². The fourth-order valence-corrected chi connectivity index (χ4v) is 5.73. The first-order valence-electron chi connectivity index (χ1n) is 10.3. The SMILES string of the molecule is CC1(C)CC(=O)c2sc(N3CCOCC3)c(C#CC3CCCN(C(=O)O)C3)c2C1. The van der Waals surface area contributed by atoms with Crippen molar-refractivity contribution < 1.29 is 19.4 Å². The summed E-state index contributed by atoms with van der Waals surface area (Å²) in [4.78, 5) is 28.8. The number of morpholine rings is 1. The summed E-state index contributed by atoms with van der Waals surface area (Å²) in [6.45, 7) is 8.32. The minimum Gasteiger partial charge on any atom is -0.465 e. The van der Waals surface area contributed by atoms with E-state index in [1.807, 2.05) is 0 Å². The highest BCUT2D eigenvalue weighted by atomic mass is 32.1. The van der Waals surface area contributed by atoms with Gasteiger partial charge in [-0.25, -0.2) is 4.79 Å². The average molecular weight is 417 g/mol. The van der Waals surface area contributed by atoms with Crippen LogP contribution in [0.15, 0.2) is 0 Å². The second-order valence-electron chi connectivity index (χ2n) is 8.97. The van der Waals surface area contributed by atoms with Crippen LogP contribution in [0.3, 0.4) is 0 Å². The fourth-order valence-electron chi connectivity index (χ4n) is 4.46. The van der Waals surface area contributed by atoms with Gasteiger partial charge in [-0.1, -0.05) is 25.7 Å². The largest absolute Gasteiger partial charge is 0.465 e. The number of carbonyl (C=O) groups is 2. The molecule has 0 radical (unpaired) electrons. The molecule has 2 saturated heterocycles. The summed E-state index contributed by atoms with van der Waals surface area (Å²) in [6, 6.07) is 0. The molecule has 3 aliphatic rings. The number of ketones is 1. The minimum atomic E-state index is -0.870. The highest BCUT2D eigenvalue weighted by molar-refractivity contribution is 7.18. The van der Waals surface area contributed by atoms with Crippen molar-refractivity contribution in [3.05, 3.63) is 16.0 Å². The Morgan fingerprint density at radius 3 is 2.72 bits per heavy atom. The molecule has 2 aliphatic heterocycles. The van der Waals surface area contributed by atoms with Crippen LogP contribution >= 0.6 is 11.3 Å². The third-order valence-electron chi connectivity index (χ3n) is 5.93. The molecule has 7 heteroatoms. The van der Waals surface area contributed by atoms with Gasteiger partial charge in [-0.15, -0.1) is 11.3 Å². The summed E-state index contributed by atoms with van der Waals surface area (Å²) in [5, 5.41) is 10.4. The van der Waals surface area contributed by atoms with E-state index >= 15 is 0 Å². The molecule has 1 unspecified atom stereocenters. The number of amides is 1. The van der Waals surface area contributed by atoms with Crippen molar-refractivity contribution in [2.45, 2.75) is 39.5 Å². The minimum absolute atomic E-state index is 0.0419. The van der Waals surface area contributed by atoms with Gasteiger partial charge in [-0.05, 0) is 30.2 Å². The number of thiophene rings is 1. The van der Waals surface area contributed by atoms with E-state index in [0.29, 0.717) is 32.7 Å². The van der Waals surface area contributed by atoms with Crippen LogP contribution in [0, 0.1) is 23.2 Å². The molecule has 0 bridgehead atoms. The van der Waals surface area contributed by atoms with Crippen molar-refractivity contribution in [2.24, 2.45) is 11.3 Å². The van der Waals surface area contributed by atoms with Crippen LogP contribution in [0.5, 0.6) is 0 Å². The number of Topliss-reactive ketones (excluding diaryl/α,β-unsaturated/α-hetero) is 1. The highest BCUT2D eigenvalue weighted by Gasteiger charge is 2.36. The maximum Gasteiger partial charge on any atom is 0.407 e. The molecule has 3 heterocycles. The Hall–Kier alpha value is -2.04. The van der Waals surface area contributed by atoms with Crippen molar-refractivity contribution in [1.82, 2.24) is 4.90 Å². The summed E-state index contributed by atoms with van der Waals surface area (Å²) in [5.41, 5.74) is 2.02. The van der Waals surface area contributed by atoms with Crippen LogP contribution in [0.25, 0.3) is 0 Å². The van der Waals surface area contributed by atoms with E-state index in [1.54, 1.807) is 11.3 Å². The second-order valence-corrected chi connectivity index (χ2v) is 9.97. The van der Waals surface area contributed by atoms with Crippen LogP contribution in [0.2, 0.25) is 0 Å². The third-order valence-corrected chi connectivity index (χ3v) is 7.26. The van der Waals surface area contributed by atoms with Gasteiger partial charge in [-0.3, -0.25) is 4.79 Å². The first-order valence-corrected chi connectivity index (χ1v) is 11.2. The fraction of sp³-hybridized carbons (Fsp3) is 0.636. The zero-order valence-corrected chi connectivity index (χ0v) is 17.9. The van der Waals surface area contributed by atoms with Gasteiger partial charge in [0.2, 0.25) is 0 Å². The Labute approximate surface area is 175 Å². The van der Waals surface area contributed by atoms with Crippen LogP contribution in [0.1, 0.15) is 53.9 Å². The van der Waals surface area contributed by atoms with Crippen molar-refractivity contribution in [3.63, 3.8) is 0 Å². The molecule has 0 aromatic carbocycles. The standard InChI is InChI=1S/C22H28N2O4S/c1-22(2)12-17-16(6-5-15-4-3-7-24(14-15)21(26)27)20(23-8-10-28-11-9-23)29-19(17)18(25)13-22/h15H,3-4,7-14H2,1-2H3,(H,26,27). The van der Waals surface area contributed by atoms with E-state index in [4.69, 9.17) is 4.74 Å². The summed E-state index contributed by atoms with van der Waals surface area (Å²) >= 11 is 1.58. The lowest BCUT2D eigenvalue weighted by atomic mass is 9.75. The van der Waals surface area contributed by atoms with Gasteiger partial charge in [0.15, 0.2) is 5.78 Å². The molecule has 0 spiro atoms. The number of hydrogen-bond donors (Lipinski definition) is 1. The average Bonchev–Trinajstić information content (AvgIpc) is 3.05.